The summed E-state index contributed by atoms with van der Waals surface area (Å²) in [6.07, 6.45) is 2.90. The predicted molar refractivity (Wildman–Crippen MR) is 156 cm³/mol. The van der Waals surface area contributed by atoms with Crippen LogP contribution in [0.25, 0.3) is 5.57 Å². The fraction of sp³-hybridized carbons (Fsp3) is 0.484. The highest BCUT2D eigenvalue weighted by atomic mass is 35.5. The summed E-state index contributed by atoms with van der Waals surface area (Å²) in [5.41, 5.74) is 9.09. The number of halogens is 1. The maximum Gasteiger partial charge on any atom is 0.135 e. The Balaban J connectivity index is 2.36. The van der Waals surface area contributed by atoms with Crippen molar-refractivity contribution in [1.82, 2.24) is 0 Å². The lowest BCUT2D eigenvalue weighted by molar-refractivity contribution is 0.406. The van der Waals surface area contributed by atoms with Crippen LogP contribution in [0.4, 0.5) is 0 Å². The Hall–Kier alpha value is -2.17. The van der Waals surface area contributed by atoms with Gasteiger partial charge in [0.1, 0.15) is 23.0 Å². The summed E-state index contributed by atoms with van der Waals surface area (Å²) in [7, 11) is 1.53. The molecular weight excluding hydrogens is 484 g/mol. The number of benzene rings is 2. The normalized spacial score (nSPS) is 15.1. The standard InChI is InChI=1S/C31H43ClO3Si/c1-21(2)36(22(3)4,23(5)6)20-30-27(11-9-10-18-32)31(24-12-14-25(33-7)15-13-24)28-19-26(34-8)16-17-29(28)35-30/h12-17,19-23H,9-11,18H2,1-8H3/b30-20-. The molecule has 0 N–H and O–H groups in total. The number of allylic oxidation sites excluding steroid dienone is 1. The molecule has 0 spiro atoms. The first-order valence-corrected chi connectivity index (χ1v) is 16.1. The minimum Gasteiger partial charge on any atom is -0.497 e. The van der Waals surface area contributed by atoms with Crippen molar-refractivity contribution < 1.29 is 14.2 Å². The van der Waals surface area contributed by atoms with Crippen molar-refractivity contribution in [2.45, 2.75) is 77.4 Å². The van der Waals surface area contributed by atoms with E-state index in [2.05, 4.69) is 65.4 Å². The van der Waals surface area contributed by atoms with E-state index in [9.17, 15) is 0 Å². The molecule has 0 aromatic heterocycles. The predicted octanol–water partition coefficient (Wildman–Crippen LogP) is 9.41. The summed E-state index contributed by atoms with van der Waals surface area (Å²) in [4.78, 5) is 0. The van der Waals surface area contributed by atoms with Crippen LogP contribution in [-0.2, 0) is 0 Å². The number of unbranched alkanes of at least 4 members (excludes halogenated alkanes) is 1. The number of rotatable bonds is 11. The topological polar surface area (TPSA) is 27.7 Å². The molecule has 3 nitrogen and oxygen atoms in total. The van der Waals surface area contributed by atoms with Gasteiger partial charge in [-0.2, -0.15) is 0 Å². The molecule has 1 aliphatic rings. The molecule has 3 rings (SSSR count). The number of hydrogen-bond donors (Lipinski definition) is 0. The minimum absolute atomic E-state index is 0.597. The third-order valence-electron chi connectivity index (χ3n) is 7.85. The SMILES string of the molecule is COc1ccc(C2=C(CCCCCl)/C(=C/[Si](C(C)C)(C(C)C)C(C)C)Oc3ccc(OC)cc32)cc1. The molecule has 196 valence electrons. The van der Waals surface area contributed by atoms with E-state index in [1.54, 1.807) is 14.2 Å². The molecule has 0 fully saturated rings. The van der Waals surface area contributed by atoms with Crippen molar-refractivity contribution >= 4 is 25.2 Å². The zero-order chi connectivity index (χ0) is 26.5. The van der Waals surface area contributed by atoms with E-state index in [4.69, 9.17) is 25.8 Å². The van der Waals surface area contributed by atoms with Gasteiger partial charge in [-0.15, -0.1) is 11.6 Å². The van der Waals surface area contributed by atoms with Gasteiger partial charge in [-0.25, -0.2) is 0 Å². The molecule has 1 aliphatic heterocycles. The molecule has 0 amide bonds. The number of ether oxygens (including phenoxy) is 3. The van der Waals surface area contributed by atoms with Crippen molar-refractivity contribution in [3.63, 3.8) is 0 Å². The van der Waals surface area contributed by atoms with Gasteiger partial charge in [0.15, 0.2) is 0 Å². The van der Waals surface area contributed by atoms with Crippen LogP contribution in [-0.4, -0.2) is 28.2 Å². The molecular formula is C31H43ClO3Si. The second kappa shape index (κ2) is 12.4. The Kier molecular flexibility index (Phi) is 9.77. The molecule has 1 heterocycles. The van der Waals surface area contributed by atoms with E-state index in [-0.39, 0.29) is 0 Å². The summed E-state index contributed by atoms with van der Waals surface area (Å²) in [6.45, 7) is 14.4. The van der Waals surface area contributed by atoms with Gasteiger partial charge in [-0.3, -0.25) is 0 Å². The van der Waals surface area contributed by atoms with Crippen molar-refractivity contribution in [1.29, 1.82) is 0 Å². The molecule has 0 bridgehead atoms. The van der Waals surface area contributed by atoms with Gasteiger partial charge in [0.2, 0.25) is 0 Å². The summed E-state index contributed by atoms with van der Waals surface area (Å²) in [6, 6.07) is 14.5. The average molecular weight is 527 g/mol. The van der Waals surface area contributed by atoms with Crippen LogP contribution < -0.4 is 14.2 Å². The van der Waals surface area contributed by atoms with E-state index in [0.717, 1.165) is 53.4 Å². The van der Waals surface area contributed by atoms with Gasteiger partial charge < -0.3 is 14.2 Å². The maximum atomic E-state index is 6.80. The molecule has 5 heteroatoms. The average Bonchev–Trinajstić information content (AvgIpc) is 2.86. The Morgan fingerprint density at radius 3 is 1.94 bits per heavy atom. The van der Waals surface area contributed by atoms with Gasteiger partial charge in [-0.05, 0) is 77.4 Å². The highest BCUT2D eigenvalue weighted by molar-refractivity contribution is 6.88. The molecule has 0 saturated carbocycles. The fourth-order valence-electron chi connectivity index (χ4n) is 5.96. The van der Waals surface area contributed by atoms with Crippen LogP contribution in [0.5, 0.6) is 17.2 Å². The monoisotopic (exact) mass is 526 g/mol. The Morgan fingerprint density at radius 2 is 1.42 bits per heavy atom. The Morgan fingerprint density at radius 1 is 0.833 bits per heavy atom. The lowest BCUT2D eigenvalue weighted by Crippen LogP contribution is -2.43. The third kappa shape index (κ3) is 5.70. The number of alkyl halides is 1. The Bertz CT molecular complexity index is 1060. The van der Waals surface area contributed by atoms with E-state index in [1.165, 1.54) is 11.1 Å². The fourth-order valence-corrected chi connectivity index (χ4v) is 11.8. The van der Waals surface area contributed by atoms with E-state index in [0.29, 0.717) is 22.5 Å². The van der Waals surface area contributed by atoms with E-state index < -0.39 is 8.07 Å². The quantitative estimate of drug-likeness (QED) is 0.166. The van der Waals surface area contributed by atoms with Crippen LogP contribution in [0.3, 0.4) is 0 Å². The van der Waals surface area contributed by atoms with Crippen LogP contribution >= 0.6 is 11.6 Å². The van der Waals surface area contributed by atoms with Gasteiger partial charge in [-0.1, -0.05) is 59.4 Å². The van der Waals surface area contributed by atoms with Crippen LogP contribution in [0.2, 0.25) is 16.6 Å². The largest absolute Gasteiger partial charge is 0.497 e. The molecule has 0 saturated heterocycles. The summed E-state index contributed by atoms with van der Waals surface area (Å²) >= 11 is 6.11. The lowest BCUT2D eigenvalue weighted by atomic mass is 9.87. The van der Waals surface area contributed by atoms with Gasteiger partial charge in [0.05, 0.1) is 22.3 Å². The van der Waals surface area contributed by atoms with E-state index >= 15 is 0 Å². The van der Waals surface area contributed by atoms with Crippen molar-refractivity contribution in [3.05, 3.63) is 70.6 Å². The lowest BCUT2D eigenvalue weighted by Gasteiger charge is -2.42. The number of hydrogen-bond acceptors (Lipinski definition) is 3. The van der Waals surface area contributed by atoms with Crippen molar-refractivity contribution in [2.75, 3.05) is 20.1 Å². The molecule has 2 aromatic rings. The van der Waals surface area contributed by atoms with E-state index in [1.807, 2.05) is 24.3 Å². The van der Waals surface area contributed by atoms with Crippen LogP contribution in [0.15, 0.2) is 59.5 Å². The second-order valence-electron chi connectivity index (χ2n) is 10.7. The molecule has 0 atom stereocenters. The molecule has 0 unspecified atom stereocenters. The maximum absolute atomic E-state index is 6.80. The van der Waals surface area contributed by atoms with Gasteiger partial charge in [0.25, 0.3) is 0 Å². The number of methoxy groups -OCH3 is 2. The molecule has 0 aliphatic carbocycles. The summed E-state index contributed by atoms with van der Waals surface area (Å²) in [5.74, 6) is 4.26. The highest BCUT2D eigenvalue weighted by Gasteiger charge is 2.42. The summed E-state index contributed by atoms with van der Waals surface area (Å²) < 4.78 is 17.9. The zero-order valence-corrected chi connectivity index (χ0v) is 25.0. The first-order valence-electron chi connectivity index (χ1n) is 13.2. The van der Waals surface area contributed by atoms with Crippen molar-refractivity contribution in [2.24, 2.45) is 0 Å². The van der Waals surface area contributed by atoms with Crippen LogP contribution in [0.1, 0.15) is 71.9 Å². The second-order valence-corrected chi connectivity index (χ2v) is 16.8. The first-order chi connectivity index (χ1) is 17.2. The van der Waals surface area contributed by atoms with Crippen molar-refractivity contribution in [3.8, 4) is 17.2 Å². The molecule has 2 aromatic carbocycles. The third-order valence-corrected chi connectivity index (χ3v) is 14.9. The van der Waals surface area contributed by atoms with Crippen LogP contribution in [0, 0.1) is 0 Å². The first kappa shape index (κ1) is 28.4. The number of fused-ring (bicyclic) bond motifs is 1. The smallest absolute Gasteiger partial charge is 0.135 e. The molecule has 0 radical (unpaired) electrons. The Labute approximate surface area is 224 Å². The zero-order valence-electron chi connectivity index (χ0n) is 23.3. The summed E-state index contributed by atoms with van der Waals surface area (Å²) in [5, 5.41) is 0. The van der Waals surface area contributed by atoms with Gasteiger partial charge in [0, 0.05) is 17.0 Å². The van der Waals surface area contributed by atoms with Gasteiger partial charge >= 0.3 is 0 Å². The minimum atomic E-state index is -1.88. The highest BCUT2D eigenvalue weighted by Crippen LogP contribution is 2.48. The molecule has 36 heavy (non-hydrogen) atoms.